The van der Waals surface area contributed by atoms with Crippen LogP contribution in [0.25, 0.3) is 0 Å². The zero-order valence-corrected chi connectivity index (χ0v) is 14.4. The van der Waals surface area contributed by atoms with E-state index in [9.17, 15) is 4.79 Å². The van der Waals surface area contributed by atoms with E-state index in [4.69, 9.17) is 4.74 Å². The van der Waals surface area contributed by atoms with E-state index in [0.29, 0.717) is 6.54 Å². The topological polar surface area (TPSA) is 58.6 Å². The van der Waals surface area contributed by atoms with Gasteiger partial charge in [0.1, 0.15) is 11.4 Å². The van der Waals surface area contributed by atoms with Crippen LogP contribution in [0.1, 0.15) is 40.4 Å². The zero-order chi connectivity index (χ0) is 16.5. The Kier molecular flexibility index (Phi) is 4.31. The Hall–Kier alpha value is -1.85. The van der Waals surface area contributed by atoms with E-state index >= 15 is 0 Å². The Morgan fingerprint density at radius 3 is 2.32 bits per heavy atom. The van der Waals surface area contributed by atoms with Crippen LogP contribution >= 0.6 is 0 Å². The summed E-state index contributed by atoms with van der Waals surface area (Å²) in [4.78, 5) is 24.9. The van der Waals surface area contributed by atoms with Crippen molar-refractivity contribution in [1.29, 1.82) is 0 Å². The van der Waals surface area contributed by atoms with Gasteiger partial charge in [0.2, 0.25) is 0 Å². The highest BCUT2D eigenvalue weighted by Gasteiger charge is 2.39. The maximum absolute atomic E-state index is 12.4. The van der Waals surface area contributed by atoms with Gasteiger partial charge in [0.25, 0.3) is 0 Å². The number of carbonyl (C=O) groups is 1. The molecule has 1 saturated heterocycles. The summed E-state index contributed by atoms with van der Waals surface area (Å²) in [6, 6.07) is 0. The fraction of sp³-hybridized carbons (Fsp3) is 0.688. The summed E-state index contributed by atoms with van der Waals surface area (Å²) in [7, 11) is 0. The summed E-state index contributed by atoms with van der Waals surface area (Å²) in [5.41, 5.74) is 0.197. The molecule has 0 radical (unpaired) electrons. The van der Waals surface area contributed by atoms with Crippen molar-refractivity contribution in [1.82, 2.24) is 14.9 Å². The average Bonchev–Trinajstić information content (AvgIpc) is 2.36. The second-order valence-electron chi connectivity index (χ2n) is 7.35. The van der Waals surface area contributed by atoms with Gasteiger partial charge in [0.05, 0.1) is 23.6 Å². The van der Waals surface area contributed by atoms with Crippen molar-refractivity contribution in [3.8, 4) is 0 Å². The predicted octanol–water partition coefficient (Wildman–Crippen LogP) is 2.62. The van der Waals surface area contributed by atoms with Crippen LogP contribution in [0.5, 0.6) is 0 Å². The fourth-order valence-corrected chi connectivity index (χ4v) is 2.58. The summed E-state index contributed by atoms with van der Waals surface area (Å²) < 4.78 is 5.51. The quantitative estimate of drug-likeness (QED) is 0.798. The molecule has 0 bridgehead atoms. The van der Waals surface area contributed by atoms with E-state index in [0.717, 1.165) is 24.6 Å². The van der Waals surface area contributed by atoms with E-state index in [1.54, 1.807) is 0 Å². The van der Waals surface area contributed by atoms with E-state index < -0.39 is 5.60 Å². The van der Waals surface area contributed by atoms with Gasteiger partial charge in [0, 0.05) is 19.6 Å². The van der Waals surface area contributed by atoms with Gasteiger partial charge in [-0.05, 0) is 41.5 Å². The smallest absolute Gasteiger partial charge is 0.410 e. The summed E-state index contributed by atoms with van der Waals surface area (Å²) in [5, 5.41) is 0. The predicted molar refractivity (Wildman–Crippen MR) is 86.0 cm³/mol. The monoisotopic (exact) mass is 306 g/mol. The van der Waals surface area contributed by atoms with Crippen molar-refractivity contribution in [2.75, 3.05) is 24.5 Å². The summed E-state index contributed by atoms with van der Waals surface area (Å²) in [5.74, 6) is 0.760. The number of nitrogens with zero attached hydrogens (tertiary/aromatic N) is 4. The first-order valence-corrected chi connectivity index (χ1v) is 7.63. The lowest BCUT2D eigenvalue weighted by atomic mass is 9.99. The first-order chi connectivity index (χ1) is 10.1. The molecule has 1 aliphatic rings. The van der Waals surface area contributed by atoms with Gasteiger partial charge in [-0.25, -0.2) is 14.8 Å². The fourth-order valence-electron chi connectivity index (χ4n) is 2.58. The Morgan fingerprint density at radius 1 is 1.23 bits per heavy atom. The van der Waals surface area contributed by atoms with E-state index in [1.165, 1.54) is 0 Å². The van der Waals surface area contributed by atoms with Crippen LogP contribution in [-0.2, 0) is 4.74 Å². The molecular weight excluding hydrogens is 280 g/mol. The number of anilines is 1. The van der Waals surface area contributed by atoms with Crippen molar-refractivity contribution in [3.05, 3.63) is 18.2 Å². The number of ether oxygens (including phenoxy) is 1. The molecule has 0 spiro atoms. The molecule has 0 aliphatic carbocycles. The van der Waals surface area contributed by atoms with Crippen LogP contribution < -0.4 is 4.90 Å². The molecule has 1 aliphatic heterocycles. The average molecular weight is 306 g/mol. The number of rotatable bonds is 1. The molecule has 6 heteroatoms. The molecule has 1 fully saturated rings. The first-order valence-electron chi connectivity index (χ1n) is 7.63. The van der Waals surface area contributed by atoms with Gasteiger partial charge in [-0.3, -0.25) is 4.90 Å². The number of piperazine rings is 1. The Morgan fingerprint density at radius 2 is 1.82 bits per heavy atom. The molecule has 0 aromatic carbocycles. The number of amides is 1. The molecular formula is C16H26N4O2. The zero-order valence-electron chi connectivity index (χ0n) is 14.4. The van der Waals surface area contributed by atoms with Crippen LogP contribution in [0.3, 0.4) is 0 Å². The normalized spacial score (nSPS) is 18.3. The van der Waals surface area contributed by atoms with Crippen LogP contribution in [0.15, 0.2) is 12.4 Å². The number of hydrogen-bond acceptors (Lipinski definition) is 5. The molecule has 1 aromatic rings. The lowest BCUT2D eigenvalue weighted by Gasteiger charge is -2.47. The highest BCUT2D eigenvalue weighted by molar-refractivity contribution is 5.70. The Bertz CT molecular complexity index is 534. The largest absolute Gasteiger partial charge is 0.444 e. The lowest BCUT2D eigenvalue weighted by molar-refractivity contribution is 0.000373. The number of aromatic nitrogens is 2. The lowest BCUT2D eigenvalue weighted by Crippen LogP contribution is -2.61. The minimum Gasteiger partial charge on any atom is -0.444 e. The maximum atomic E-state index is 12.4. The number of hydrogen-bond donors (Lipinski definition) is 0. The molecule has 0 N–H and O–H groups in total. The van der Waals surface area contributed by atoms with E-state index in [2.05, 4.69) is 28.7 Å². The van der Waals surface area contributed by atoms with Gasteiger partial charge < -0.3 is 9.64 Å². The second kappa shape index (κ2) is 5.74. The second-order valence-corrected chi connectivity index (χ2v) is 7.35. The summed E-state index contributed by atoms with van der Waals surface area (Å²) >= 11 is 0. The molecule has 0 unspecified atom stereocenters. The number of aryl methyl sites for hydroxylation is 1. The van der Waals surface area contributed by atoms with Crippen molar-refractivity contribution in [2.24, 2.45) is 0 Å². The molecule has 122 valence electrons. The van der Waals surface area contributed by atoms with Gasteiger partial charge in [-0.15, -0.1) is 0 Å². The van der Waals surface area contributed by atoms with Gasteiger partial charge in [-0.2, -0.15) is 0 Å². The highest BCUT2D eigenvalue weighted by Crippen LogP contribution is 2.26. The third-order valence-electron chi connectivity index (χ3n) is 3.65. The molecule has 6 nitrogen and oxygen atoms in total. The third kappa shape index (κ3) is 3.87. The van der Waals surface area contributed by atoms with Crippen LogP contribution in [0, 0.1) is 6.92 Å². The summed E-state index contributed by atoms with van der Waals surface area (Å²) in [6.45, 7) is 13.7. The minimum absolute atomic E-state index is 0.252. The SMILES string of the molecule is Cc1ncc(N2CCN(C(=O)OC(C)(C)C)C(C)(C)C2)cn1. The van der Waals surface area contributed by atoms with Gasteiger partial charge >= 0.3 is 6.09 Å². The van der Waals surface area contributed by atoms with Crippen molar-refractivity contribution in [3.63, 3.8) is 0 Å². The number of carbonyl (C=O) groups excluding carboxylic acids is 1. The van der Waals surface area contributed by atoms with Gasteiger partial charge in [0.15, 0.2) is 0 Å². The van der Waals surface area contributed by atoms with Crippen LogP contribution in [0.2, 0.25) is 0 Å². The molecule has 0 atom stereocenters. The van der Waals surface area contributed by atoms with Crippen molar-refractivity contribution in [2.45, 2.75) is 52.7 Å². The van der Waals surface area contributed by atoms with Crippen molar-refractivity contribution >= 4 is 11.8 Å². The molecule has 1 amide bonds. The Balaban J connectivity index is 2.09. The van der Waals surface area contributed by atoms with Gasteiger partial charge in [-0.1, -0.05) is 0 Å². The van der Waals surface area contributed by atoms with Crippen molar-refractivity contribution < 1.29 is 9.53 Å². The molecule has 1 aromatic heterocycles. The highest BCUT2D eigenvalue weighted by atomic mass is 16.6. The maximum Gasteiger partial charge on any atom is 0.410 e. The molecule has 2 rings (SSSR count). The van der Waals surface area contributed by atoms with E-state index in [1.807, 2.05) is 45.0 Å². The Labute approximate surface area is 132 Å². The van der Waals surface area contributed by atoms with Crippen LogP contribution in [-0.4, -0.2) is 51.7 Å². The molecule has 2 heterocycles. The summed E-state index contributed by atoms with van der Waals surface area (Å²) in [6.07, 6.45) is 3.42. The van der Waals surface area contributed by atoms with Crippen LogP contribution in [0.4, 0.5) is 10.5 Å². The standard InChI is InChI=1S/C16H26N4O2/c1-12-17-9-13(10-18-12)19-7-8-20(16(5,6)11-19)14(21)22-15(2,3)4/h9-10H,7-8,11H2,1-6H3. The molecule has 22 heavy (non-hydrogen) atoms. The third-order valence-corrected chi connectivity index (χ3v) is 3.65. The molecule has 0 saturated carbocycles. The first kappa shape index (κ1) is 16.5. The van der Waals surface area contributed by atoms with E-state index in [-0.39, 0.29) is 11.6 Å². The minimum atomic E-state index is -0.477.